The summed E-state index contributed by atoms with van der Waals surface area (Å²) in [5.41, 5.74) is 1.57. The largest absolute Gasteiger partial charge is 0.491 e. The van der Waals surface area contributed by atoms with Crippen molar-refractivity contribution < 1.29 is 23.6 Å². The number of nitro groups is 1. The molecular formula is C30H26BrN3O7S. The monoisotopic (exact) mass is 651 g/mol. The standard InChI is InChI=1S/C30H26BrN3O7S/c1-5-39-29(36)26-17(4)32-30-33(27(26)21-8-6-7-9-23(21)40-16(2)3)28(35)25(42-30)15-19-11-13-24(41-19)20-12-10-18(34(37)38)14-22(20)31/h6-16,27H,5H2,1-4H3/b25-15-/t27-/m1/s1. The van der Waals surface area contributed by atoms with Crippen LogP contribution in [0.3, 0.4) is 0 Å². The summed E-state index contributed by atoms with van der Waals surface area (Å²) < 4.78 is 19.8. The number of furan rings is 1. The van der Waals surface area contributed by atoms with E-state index in [9.17, 15) is 19.7 Å². The second-order valence-corrected chi connectivity index (χ2v) is 11.5. The molecular weight excluding hydrogens is 626 g/mol. The minimum Gasteiger partial charge on any atom is -0.491 e. The van der Waals surface area contributed by atoms with Gasteiger partial charge in [0, 0.05) is 33.8 Å². The minimum atomic E-state index is -0.819. The Kier molecular flexibility index (Phi) is 8.28. The highest BCUT2D eigenvalue weighted by molar-refractivity contribution is 9.10. The molecule has 0 bridgehead atoms. The summed E-state index contributed by atoms with van der Waals surface area (Å²) in [4.78, 5) is 42.8. The fourth-order valence-electron chi connectivity index (χ4n) is 4.68. The van der Waals surface area contributed by atoms with Crippen LogP contribution in [0.1, 0.15) is 45.1 Å². The second-order valence-electron chi connectivity index (χ2n) is 9.63. The maximum Gasteiger partial charge on any atom is 0.338 e. The van der Waals surface area contributed by atoms with E-state index in [1.165, 1.54) is 28.0 Å². The number of fused-ring (bicyclic) bond motifs is 1. The van der Waals surface area contributed by atoms with Crippen LogP contribution in [0.5, 0.6) is 5.75 Å². The molecule has 0 fully saturated rings. The molecule has 10 nitrogen and oxygen atoms in total. The quantitative estimate of drug-likeness (QED) is 0.140. The Labute approximate surface area is 252 Å². The SMILES string of the molecule is CCOC(=O)C1=C(C)N=c2s/c(=C\c3ccc(-c4ccc([N+](=O)[O-])cc4Br)o3)c(=O)n2[C@@H]1c1ccccc1OC(C)C. The van der Waals surface area contributed by atoms with Gasteiger partial charge in [-0.25, -0.2) is 9.79 Å². The summed E-state index contributed by atoms with van der Waals surface area (Å²) in [6.45, 7) is 7.43. The van der Waals surface area contributed by atoms with Gasteiger partial charge in [-0.15, -0.1) is 0 Å². The Bertz CT molecular complexity index is 1920. The van der Waals surface area contributed by atoms with E-state index < -0.39 is 16.9 Å². The number of ether oxygens (including phenoxy) is 2. The van der Waals surface area contributed by atoms with Crippen molar-refractivity contribution in [1.29, 1.82) is 0 Å². The molecule has 0 saturated carbocycles. The number of nitro benzene ring substituents is 1. The second kappa shape index (κ2) is 11.9. The number of carbonyl (C=O) groups is 1. The Morgan fingerprint density at radius 3 is 2.69 bits per heavy atom. The summed E-state index contributed by atoms with van der Waals surface area (Å²) in [5.74, 6) is 0.866. The van der Waals surface area contributed by atoms with E-state index in [1.807, 2.05) is 38.1 Å². The summed E-state index contributed by atoms with van der Waals surface area (Å²) in [7, 11) is 0. The lowest BCUT2D eigenvalue weighted by Gasteiger charge is -2.26. The van der Waals surface area contributed by atoms with Gasteiger partial charge in [0.2, 0.25) is 0 Å². The van der Waals surface area contributed by atoms with Crippen molar-refractivity contribution in [3.8, 4) is 17.1 Å². The topological polar surface area (TPSA) is 126 Å². The van der Waals surface area contributed by atoms with Gasteiger partial charge < -0.3 is 13.9 Å². The van der Waals surface area contributed by atoms with Crippen LogP contribution in [0.4, 0.5) is 5.69 Å². The number of nitrogens with zero attached hydrogens (tertiary/aromatic N) is 3. The highest BCUT2D eigenvalue weighted by Crippen LogP contribution is 2.36. The van der Waals surface area contributed by atoms with Gasteiger partial charge in [-0.2, -0.15) is 0 Å². The average molecular weight is 653 g/mol. The van der Waals surface area contributed by atoms with Crippen LogP contribution < -0.4 is 19.6 Å². The molecule has 0 saturated heterocycles. The van der Waals surface area contributed by atoms with Crippen molar-refractivity contribution in [3.63, 3.8) is 0 Å². The fourth-order valence-corrected chi connectivity index (χ4v) is 6.26. The van der Waals surface area contributed by atoms with Crippen molar-refractivity contribution in [2.24, 2.45) is 4.99 Å². The van der Waals surface area contributed by atoms with Gasteiger partial charge in [-0.05, 0) is 67.9 Å². The summed E-state index contributed by atoms with van der Waals surface area (Å²) >= 11 is 4.55. The van der Waals surface area contributed by atoms with Gasteiger partial charge in [-0.1, -0.05) is 29.5 Å². The number of allylic oxidation sites excluding steroid dienone is 1. The summed E-state index contributed by atoms with van der Waals surface area (Å²) in [6.07, 6.45) is 1.48. The predicted molar refractivity (Wildman–Crippen MR) is 161 cm³/mol. The number of halogens is 1. The molecule has 12 heteroatoms. The smallest absolute Gasteiger partial charge is 0.338 e. The number of esters is 1. The number of rotatable bonds is 8. The van der Waals surface area contributed by atoms with Gasteiger partial charge in [0.15, 0.2) is 4.80 Å². The van der Waals surface area contributed by atoms with E-state index in [2.05, 4.69) is 20.9 Å². The van der Waals surface area contributed by atoms with Crippen LogP contribution in [0, 0.1) is 10.1 Å². The molecule has 0 aliphatic carbocycles. The van der Waals surface area contributed by atoms with Gasteiger partial charge in [0.25, 0.3) is 11.2 Å². The highest BCUT2D eigenvalue weighted by Gasteiger charge is 2.35. The molecule has 3 heterocycles. The van der Waals surface area contributed by atoms with Gasteiger partial charge in [0.05, 0.1) is 33.4 Å². The van der Waals surface area contributed by atoms with E-state index in [-0.39, 0.29) is 29.5 Å². The number of para-hydroxylation sites is 1. The predicted octanol–water partition coefficient (Wildman–Crippen LogP) is 5.52. The van der Waals surface area contributed by atoms with Crippen LogP contribution in [-0.4, -0.2) is 28.2 Å². The molecule has 2 aromatic heterocycles. The molecule has 1 atom stereocenters. The van der Waals surface area contributed by atoms with Gasteiger partial charge >= 0.3 is 5.97 Å². The fraction of sp³-hybridized carbons (Fsp3) is 0.233. The van der Waals surface area contributed by atoms with Gasteiger partial charge in [0.1, 0.15) is 23.3 Å². The number of carbonyl (C=O) groups excluding carboxylic acids is 1. The van der Waals surface area contributed by atoms with E-state index in [1.54, 1.807) is 38.1 Å². The third-order valence-corrected chi connectivity index (χ3v) is 8.06. The molecule has 0 radical (unpaired) electrons. The molecule has 4 aromatic rings. The van der Waals surface area contributed by atoms with Crippen LogP contribution in [0.25, 0.3) is 17.4 Å². The Morgan fingerprint density at radius 1 is 1.24 bits per heavy atom. The molecule has 1 aliphatic rings. The van der Waals surface area contributed by atoms with E-state index in [0.717, 1.165) is 0 Å². The molecule has 216 valence electrons. The summed E-state index contributed by atoms with van der Waals surface area (Å²) in [6, 6.07) is 14.3. The average Bonchev–Trinajstić information content (AvgIpc) is 3.52. The number of thiazole rings is 1. The maximum absolute atomic E-state index is 14.0. The maximum atomic E-state index is 14.0. The van der Waals surface area contributed by atoms with Crippen molar-refractivity contribution >= 4 is 45.0 Å². The number of aromatic nitrogens is 1. The lowest BCUT2D eigenvalue weighted by Crippen LogP contribution is -2.40. The van der Waals surface area contributed by atoms with Crippen molar-refractivity contribution in [3.05, 3.63) is 111 Å². The minimum absolute atomic E-state index is 0.0501. The highest BCUT2D eigenvalue weighted by atomic mass is 79.9. The first-order chi connectivity index (χ1) is 20.1. The molecule has 0 unspecified atom stereocenters. The third-order valence-electron chi connectivity index (χ3n) is 6.42. The van der Waals surface area contributed by atoms with Crippen LogP contribution in [0.15, 0.2) is 84.5 Å². The lowest BCUT2D eigenvalue weighted by molar-refractivity contribution is -0.384. The number of benzene rings is 2. The Hall–Kier alpha value is -4.29. The first-order valence-corrected chi connectivity index (χ1v) is 14.7. The zero-order valence-electron chi connectivity index (χ0n) is 23.1. The van der Waals surface area contributed by atoms with Crippen molar-refractivity contribution in [2.75, 3.05) is 6.61 Å². The van der Waals surface area contributed by atoms with E-state index in [0.29, 0.717) is 47.9 Å². The van der Waals surface area contributed by atoms with E-state index in [4.69, 9.17) is 13.9 Å². The molecule has 0 amide bonds. The van der Waals surface area contributed by atoms with Crippen LogP contribution in [0.2, 0.25) is 0 Å². The number of hydrogen-bond donors (Lipinski definition) is 0. The summed E-state index contributed by atoms with van der Waals surface area (Å²) in [5, 5.41) is 11.1. The zero-order chi connectivity index (χ0) is 30.1. The molecule has 2 aromatic carbocycles. The van der Waals surface area contributed by atoms with Crippen LogP contribution >= 0.6 is 27.3 Å². The Morgan fingerprint density at radius 2 is 2.00 bits per heavy atom. The molecule has 0 N–H and O–H groups in total. The first kappa shape index (κ1) is 29.2. The van der Waals surface area contributed by atoms with Crippen LogP contribution in [-0.2, 0) is 9.53 Å². The Balaban J connectivity index is 1.64. The molecule has 5 rings (SSSR count). The lowest BCUT2D eigenvalue weighted by atomic mass is 9.95. The molecule has 1 aliphatic heterocycles. The first-order valence-electron chi connectivity index (χ1n) is 13.1. The number of non-ortho nitro benzene ring substituents is 1. The van der Waals surface area contributed by atoms with Gasteiger partial charge in [-0.3, -0.25) is 19.5 Å². The third kappa shape index (κ3) is 5.59. The number of hydrogen-bond acceptors (Lipinski definition) is 9. The molecule has 42 heavy (non-hydrogen) atoms. The van der Waals surface area contributed by atoms with E-state index >= 15 is 0 Å². The zero-order valence-corrected chi connectivity index (χ0v) is 25.5. The van der Waals surface area contributed by atoms with Crippen molar-refractivity contribution in [2.45, 2.75) is 39.8 Å². The van der Waals surface area contributed by atoms with Crippen molar-refractivity contribution in [1.82, 2.24) is 4.57 Å². The normalized spacial score (nSPS) is 15.0. The molecule has 0 spiro atoms.